The average molecular weight is 381 g/mol. The molecule has 0 aliphatic heterocycles. The van der Waals surface area contributed by atoms with Crippen molar-refractivity contribution in [2.24, 2.45) is 0 Å². The quantitative estimate of drug-likeness (QED) is 0.728. The second-order valence-electron chi connectivity index (χ2n) is 10.3. The summed E-state index contributed by atoms with van der Waals surface area (Å²) in [4.78, 5) is 0. The molecule has 0 unspecified atom stereocenters. The van der Waals surface area contributed by atoms with Gasteiger partial charge in [-0.3, -0.25) is 0 Å². The molecule has 4 bridgehead atoms. The summed E-state index contributed by atoms with van der Waals surface area (Å²) in [7, 11) is 1.79. The molecule has 2 aromatic carbocycles. The number of fused-ring (bicyclic) bond motifs is 4. The van der Waals surface area contributed by atoms with Crippen molar-refractivity contribution in [1.29, 1.82) is 0 Å². The molecule has 0 spiro atoms. The first kappa shape index (κ1) is 20.9. The van der Waals surface area contributed by atoms with Crippen molar-refractivity contribution >= 4 is 0 Å². The highest BCUT2D eigenvalue weighted by Crippen LogP contribution is 2.36. The van der Waals surface area contributed by atoms with E-state index in [4.69, 9.17) is 4.74 Å². The molecular weight excluding hydrogens is 344 g/mol. The van der Waals surface area contributed by atoms with Gasteiger partial charge in [0.25, 0.3) is 0 Å². The molecular formula is C26H36O2. The van der Waals surface area contributed by atoms with Crippen molar-refractivity contribution in [3.05, 3.63) is 63.2 Å². The zero-order valence-corrected chi connectivity index (χ0v) is 18.7. The molecule has 0 atom stereocenters. The second-order valence-corrected chi connectivity index (χ2v) is 10.3. The molecule has 0 amide bonds. The highest BCUT2D eigenvalue weighted by molar-refractivity contribution is 5.50. The van der Waals surface area contributed by atoms with Gasteiger partial charge in [0.05, 0.1) is 13.7 Å². The fraction of sp³-hybridized carbons (Fsp3) is 0.538. The van der Waals surface area contributed by atoms with Gasteiger partial charge in [-0.1, -0.05) is 65.8 Å². The Labute approximate surface area is 170 Å². The Morgan fingerprint density at radius 2 is 1.07 bits per heavy atom. The summed E-state index contributed by atoms with van der Waals surface area (Å²) < 4.78 is 5.87. The Bertz CT molecular complexity index is 739. The number of aliphatic hydroxyl groups is 1. The van der Waals surface area contributed by atoms with Crippen molar-refractivity contribution < 1.29 is 9.84 Å². The van der Waals surface area contributed by atoms with E-state index in [0.29, 0.717) is 0 Å². The van der Waals surface area contributed by atoms with E-state index in [1.807, 2.05) is 0 Å². The lowest BCUT2D eigenvalue weighted by Crippen LogP contribution is -2.17. The SMILES string of the molecule is COc1c2cc(C(C)(C)C)cc1CCc1cc(C(C)(C)C)cc(c1CO)CC2. The predicted octanol–water partition coefficient (Wildman–Crippen LogP) is 5.67. The summed E-state index contributed by atoms with van der Waals surface area (Å²) in [5.41, 5.74) is 9.25. The maximum absolute atomic E-state index is 10.1. The number of rotatable bonds is 2. The minimum atomic E-state index is 0.104. The average Bonchev–Trinajstić information content (AvgIpc) is 2.61. The van der Waals surface area contributed by atoms with Gasteiger partial charge in [0, 0.05) is 0 Å². The third-order valence-corrected chi connectivity index (χ3v) is 6.10. The van der Waals surface area contributed by atoms with Gasteiger partial charge in [-0.25, -0.2) is 0 Å². The van der Waals surface area contributed by atoms with Crippen molar-refractivity contribution in [2.75, 3.05) is 7.11 Å². The zero-order chi connectivity index (χ0) is 20.7. The van der Waals surface area contributed by atoms with E-state index in [1.165, 1.54) is 33.4 Å². The van der Waals surface area contributed by atoms with Gasteiger partial charge in [0.15, 0.2) is 0 Å². The number of hydrogen-bond acceptors (Lipinski definition) is 2. The number of ether oxygens (including phenoxy) is 1. The third kappa shape index (κ3) is 4.12. The molecule has 0 aromatic heterocycles. The zero-order valence-electron chi connectivity index (χ0n) is 18.7. The summed E-state index contributed by atoms with van der Waals surface area (Å²) in [5, 5.41) is 10.1. The van der Waals surface area contributed by atoms with Crippen LogP contribution in [0.5, 0.6) is 5.75 Å². The lowest BCUT2D eigenvalue weighted by atomic mass is 9.79. The van der Waals surface area contributed by atoms with Crippen molar-refractivity contribution in [3.63, 3.8) is 0 Å². The first-order valence-electron chi connectivity index (χ1n) is 10.5. The van der Waals surface area contributed by atoms with Crippen LogP contribution in [0.25, 0.3) is 0 Å². The molecule has 0 saturated carbocycles. The summed E-state index contributed by atoms with van der Waals surface area (Å²) in [6.07, 6.45) is 3.71. The number of methoxy groups -OCH3 is 1. The monoisotopic (exact) mass is 380 g/mol. The van der Waals surface area contributed by atoms with E-state index < -0.39 is 0 Å². The van der Waals surface area contributed by atoms with Gasteiger partial charge < -0.3 is 9.84 Å². The molecule has 3 rings (SSSR count). The van der Waals surface area contributed by atoms with Crippen LogP contribution in [0.3, 0.4) is 0 Å². The van der Waals surface area contributed by atoms with Gasteiger partial charge in [0.1, 0.15) is 5.75 Å². The van der Waals surface area contributed by atoms with E-state index in [2.05, 4.69) is 65.8 Å². The fourth-order valence-electron chi connectivity index (χ4n) is 4.24. The molecule has 1 N–H and O–H groups in total. The van der Waals surface area contributed by atoms with Crippen molar-refractivity contribution in [3.8, 4) is 5.75 Å². The van der Waals surface area contributed by atoms with Crippen LogP contribution >= 0.6 is 0 Å². The van der Waals surface area contributed by atoms with Crippen LogP contribution < -0.4 is 4.74 Å². The van der Waals surface area contributed by atoms with Crippen molar-refractivity contribution in [2.45, 2.75) is 84.7 Å². The summed E-state index contributed by atoms with van der Waals surface area (Å²) in [6, 6.07) is 9.30. The van der Waals surface area contributed by atoms with Crippen molar-refractivity contribution in [1.82, 2.24) is 0 Å². The fourth-order valence-corrected chi connectivity index (χ4v) is 4.24. The van der Waals surface area contributed by atoms with Crippen LogP contribution in [-0.4, -0.2) is 12.2 Å². The van der Waals surface area contributed by atoms with Crippen LogP contribution in [0.2, 0.25) is 0 Å². The highest BCUT2D eigenvalue weighted by Gasteiger charge is 2.23. The van der Waals surface area contributed by atoms with Crippen LogP contribution in [-0.2, 0) is 43.1 Å². The molecule has 2 aromatic rings. The molecule has 1 aliphatic carbocycles. The number of aliphatic hydroxyl groups excluding tert-OH is 1. The first-order chi connectivity index (χ1) is 13.0. The molecule has 0 radical (unpaired) electrons. The second kappa shape index (κ2) is 7.55. The molecule has 2 nitrogen and oxygen atoms in total. The largest absolute Gasteiger partial charge is 0.496 e. The maximum atomic E-state index is 10.1. The molecule has 152 valence electrons. The van der Waals surface area contributed by atoms with Gasteiger partial charge in [-0.05, 0) is 75.5 Å². The molecule has 1 aliphatic rings. The maximum Gasteiger partial charge on any atom is 0.125 e. The first-order valence-corrected chi connectivity index (χ1v) is 10.5. The van der Waals surface area contributed by atoms with Gasteiger partial charge >= 0.3 is 0 Å². The molecule has 0 heterocycles. The van der Waals surface area contributed by atoms with E-state index >= 15 is 0 Å². The van der Waals surface area contributed by atoms with E-state index in [9.17, 15) is 5.11 Å². The Morgan fingerprint density at radius 1 is 0.714 bits per heavy atom. The smallest absolute Gasteiger partial charge is 0.125 e. The standard InChI is InChI=1S/C26H36O2/c1-25(2,3)21-12-17-8-10-19-14-22(26(4,5)6)15-20(24(19)28-7)11-9-18(13-21)23(17)16-27/h12-15,27H,8-11,16H2,1-7H3. The Morgan fingerprint density at radius 3 is 1.39 bits per heavy atom. The Balaban J connectivity index is 2.15. The summed E-state index contributed by atoms with van der Waals surface area (Å²) in [5.74, 6) is 1.06. The Kier molecular flexibility index (Phi) is 5.64. The number of hydrogen-bond donors (Lipinski definition) is 1. The number of aryl methyl sites for hydroxylation is 4. The third-order valence-electron chi connectivity index (χ3n) is 6.10. The summed E-state index contributed by atoms with van der Waals surface area (Å²) >= 11 is 0. The van der Waals surface area contributed by atoms with Gasteiger partial charge in [-0.2, -0.15) is 0 Å². The summed E-state index contributed by atoms with van der Waals surface area (Å²) in [6.45, 7) is 13.7. The van der Waals surface area contributed by atoms with Gasteiger partial charge in [-0.15, -0.1) is 0 Å². The van der Waals surface area contributed by atoms with E-state index in [0.717, 1.165) is 37.0 Å². The van der Waals surface area contributed by atoms with Gasteiger partial charge in [0.2, 0.25) is 0 Å². The van der Waals surface area contributed by atoms with Crippen LogP contribution in [0.15, 0.2) is 24.3 Å². The van der Waals surface area contributed by atoms with E-state index in [-0.39, 0.29) is 17.4 Å². The lowest BCUT2D eigenvalue weighted by Gasteiger charge is -2.27. The lowest BCUT2D eigenvalue weighted by molar-refractivity contribution is 0.279. The number of benzene rings is 2. The molecule has 28 heavy (non-hydrogen) atoms. The van der Waals surface area contributed by atoms with Crippen LogP contribution in [0.1, 0.15) is 80.5 Å². The Hall–Kier alpha value is -1.80. The topological polar surface area (TPSA) is 29.5 Å². The van der Waals surface area contributed by atoms with Crippen LogP contribution in [0, 0.1) is 0 Å². The predicted molar refractivity (Wildman–Crippen MR) is 118 cm³/mol. The van der Waals surface area contributed by atoms with Crippen LogP contribution in [0.4, 0.5) is 0 Å². The molecule has 0 fully saturated rings. The minimum Gasteiger partial charge on any atom is -0.496 e. The highest BCUT2D eigenvalue weighted by atomic mass is 16.5. The van der Waals surface area contributed by atoms with E-state index in [1.54, 1.807) is 7.11 Å². The molecule has 0 saturated heterocycles. The normalized spacial score (nSPS) is 14.7. The minimum absolute atomic E-state index is 0.104. The molecule has 2 heteroatoms.